The van der Waals surface area contributed by atoms with Gasteiger partial charge in [-0.05, 0) is 6.42 Å². The van der Waals surface area contributed by atoms with Gasteiger partial charge in [0.1, 0.15) is 14.0 Å². The fourth-order valence-electron chi connectivity index (χ4n) is 2.99. The lowest BCUT2D eigenvalue weighted by atomic mass is 9.95. The van der Waals surface area contributed by atoms with Crippen LogP contribution in [-0.4, -0.2) is 78.3 Å². The molecular weight excluding hydrogens is 460 g/mol. The Balaban J connectivity index is 1.97. The van der Waals surface area contributed by atoms with Crippen molar-refractivity contribution in [1.82, 2.24) is 0 Å². The van der Waals surface area contributed by atoms with E-state index in [0.29, 0.717) is 32.5 Å². The van der Waals surface area contributed by atoms with Crippen LogP contribution < -0.4 is 0 Å². The summed E-state index contributed by atoms with van der Waals surface area (Å²) in [5, 5.41) is 0. The zero-order chi connectivity index (χ0) is 21.9. The molecule has 2 saturated heterocycles. The second kappa shape index (κ2) is 9.85. The summed E-state index contributed by atoms with van der Waals surface area (Å²) in [6.07, 6.45) is -0.0651. The fraction of sp³-hybridized carbons (Fsp3) is 1.00. The van der Waals surface area contributed by atoms with Crippen molar-refractivity contribution in [2.24, 2.45) is 0 Å². The minimum atomic E-state index is -5.58. The molecule has 0 aromatic heterocycles. The van der Waals surface area contributed by atoms with Gasteiger partial charge in [-0.15, -0.1) is 0 Å². The molecule has 0 spiro atoms. The van der Waals surface area contributed by atoms with Crippen LogP contribution >= 0.6 is 23.5 Å². The quantitative estimate of drug-likeness (QED) is 0.178. The van der Waals surface area contributed by atoms with Crippen LogP contribution in [0.2, 0.25) is 0 Å². The molecule has 2 aliphatic heterocycles. The average molecular weight is 484 g/mol. The lowest BCUT2D eigenvalue weighted by Crippen LogP contribution is -2.46. The number of ether oxygens (including phenoxy) is 4. The summed E-state index contributed by atoms with van der Waals surface area (Å²) in [6, 6.07) is -0.275. The van der Waals surface area contributed by atoms with Gasteiger partial charge >= 0.3 is 23.5 Å². The predicted molar refractivity (Wildman–Crippen MR) is 96.3 cm³/mol. The van der Waals surface area contributed by atoms with Gasteiger partial charge in [0.15, 0.2) is 5.79 Å². The molecule has 2 aliphatic rings. The van der Waals surface area contributed by atoms with Gasteiger partial charge in [-0.3, -0.25) is 4.52 Å². The first-order valence-corrected chi connectivity index (χ1v) is 13.0. The smallest absolute Gasteiger partial charge is 0.381 e. The monoisotopic (exact) mass is 484 g/mol. The Kier molecular flexibility index (Phi) is 8.69. The molecule has 0 aromatic rings. The lowest BCUT2D eigenvalue weighted by molar-refractivity contribution is -0.281. The van der Waals surface area contributed by atoms with Crippen LogP contribution in [0.1, 0.15) is 19.3 Å². The summed E-state index contributed by atoms with van der Waals surface area (Å²) in [7, 11) is -13.0. The zero-order valence-corrected chi connectivity index (χ0v) is 18.4. The molecule has 5 atom stereocenters. The van der Waals surface area contributed by atoms with E-state index in [-0.39, 0.29) is 6.00 Å². The number of hydrogen-bond donors (Lipinski definition) is 4. The molecule has 2 heterocycles. The highest BCUT2D eigenvalue weighted by atomic mass is 31.3. The van der Waals surface area contributed by atoms with E-state index >= 15 is 0 Å². The maximum atomic E-state index is 11.9. The molecule has 2 fully saturated rings. The number of phosphoric ester groups is 1. The van der Waals surface area contributed by atoms with E-state index < -0.39 is 48.1 Å². The van der Waals surface area contributed by atoms with Crippen molar-refractivity contribution >= 4 is 31.3 Å². The van der Waals surface area contributed by atoms with Gasteiger partial charge in [0.2, 0.25) is 0 Å². The van der Waals surface area contributed by atoms with Gasteiger partial charge in [-0.25, -0.2) is 13.7 Å². The summed E-state index contributed by atoms with van der Waals surface area (Å²) < 4.78 is 68.3. The zero-order valence-electron chi connectivity index (χ0n) is 15.7. The number of hydrogen-bond acceptors (Lipinski definition) is 10. The van der Waals surface area contributed by atoms with Gasteiger partial charge in [0.25, 0.3) is 0 Å². The first-order valence-electron chi connectivity index (χ1n) is 8.49. The number of methoxy groups -OCH3 is 1. The van der Waals surface area contributed by atoms with E-state index in [0.717, 1.165) is 0 Å². The van der Waals surface area contributed by atoms with Crippen molar-refractivity contribution in [3.8, 4) is 0 Å². The fourth-order valence-corrected chi connectivity index (χ4v) is 6.02. The molecule has 5 unspecified atom stereocenters. The largest absolute Gasteiger partial charge is 0.490 e. The van der Waals surface area contributed by atoms with Crippen molar-refractivity contribution in [2.75, 3.05) is 26.9 Å². The molecule has 14 nitrogen and oxygen atoms in total. The van der Waals surface area contributed by atoms with E-state index in [9.17, 15) is 23.5 Å². The van der Waals surface area contributed by atoms with Crippen molar-refractivity contribution in [3.05, 3.63) is 0 Å². The Morgan fingerprint density at radius 2 is 1.69 bits per heavy atom. The van der Waals surface area contributed by atoms with Gasteiger partial charge in [-0.2, -0.15) is 8.62 Å². The molecule has 0 saturated carbocycles. The Hall–Kier alpha value is 0.315. The number of phosphoric acid groups is 3. The summed E-state index contributed by atoms with van der Waals surface area (Å²) in [5.74, 6) is -0.911. The third-order valence-corrected chi connectivity index (χ3v) is 8.00. The predicted octanol–water partition coefficient (Wildman–Crippen LogP) is -0.384. The maximum Gasteiger partial charge on any atom is 0.490 e. The van der Waals surface area contributed by atoms with E-state index in [4.69, 9.17) is 28.7 Å². The Labute approximate surface area is 167 Å². The molecular formula is C11H24BO14P3. The first-order chi connectivity index (χ1) is 13.2. The third-order valence-electron chi connectivity index (χ3n) is 4.20. The highest BCUT2D eigenvalue weighted by molar-refractivity contribution is 7.66. The Morgan fingerprint density at radius 3 is 2.24 bits per heavy atom. The first kappa shape index (κ1) is 25.6. The summed E-state index contributed by atoms with van der Waals surface area (Å²) >= 11 is 0. The molecule has 0 aromatic carbocycles. The van der Waals surface area contributed by atoms with Crippen LogP contribution in [0.15, 0.2) is 0 Å². The highest BCUT2D eigenvalue weighted by Gasteiger charge is 2.45. The molecule has 0 bridgehead atoms. The van der Waals surface area contributed by atoms with Crippen LogP contribution in [0.25, 0.3) is 0 Å². The van der Waals surface area contributed by atoms with Gasteiger partial charge in [-0.1, -0.05) is 0 Å². The van der Waals surface area contributed by atoms with Gasteiger partial charge in [0.05, 0.1) is 25.9 Å². The van der Waals surface area contributed by atoms with Crippen LogP contribution in [0.4, 0.5) is 0 Å². The van der Waals surface area contributed by atoms with Gasteiger partial charge in [0, 0.05) is 26.0 Å². The molecule has 2 rings (SSSR count). The molecule has 0 amide bonds. The van der Waals surface area contributed by atoms with E-state index in [1.54, 1.807) is 7.85 Å². The topological polar surface area (TPSA) is 197 Å². The molecule has 4 N–H and O–H groups in total. The minimum Gasteiger partial charge on any atom is -0.381 e. The third kappa shape index (κ3) is 8.40. The number of rotatable bonds is 10. The van der Waals surface area contributed by atoms with Gasteiger partial charge < -0.3 is 38.5 Å². The van der Waals surface area contributed by atoms with Crippen molar-refractivity contribution in [2.45, 2.75) is 43.3 Å². The lowest BCUT2D eigenvalue weighted by Gasteiger charge is -2.38. The normalized spacial score (nSPS) is 31.8. The van der Waals surface area contributed by atoms with E-state index in [1.807, 2.05) is 0 Å². The van der Waals surface area contributed by atoms with E-state index in [1.165, 1.54) is 7.11 Å². The second-order valence-corrected chi connectivity index (χ2v) is 10.9. The Morgan fingerprint density at radius 1 is 1.07 bits per heavy atom. The average Bonchev–Trinajstić information content (AvgIpc) is 2.90. The SMILES string of the molecule is BC1CC(OC2(OC)CCOCC2)C(COP(=O)(O)OP(=O)(O)OP(=O)(O)O)O1. The summed E-state index contributed by atoms with van der Waals surface area (Å²) in [5.41, 5.74) is 0. The molecule has 18 heteroatoms. The second-order valence-electron chi connectivity index (χ2n) is 6.49. The minimum absolute atomic E-state index is 0.275. The van der Waals surface area contributed by atoms with Crippen molar-refractivity contribution in [1.29, 1.82) is 0 Å². The van der Waals surface area contributed by atoms with Crippen LogP contribution in [0.5, 0.6) is 0 Å². The van der Waals surface area contributed by atoms with Crippen LogP contribution in [-0.2, 0) is 45.8 Å². The maximum absolute atomic E-state index is 11.9. The van der Waals surface area contributed by atoms with E-state index in [2.05, 4.69) is 13.1 Å². The van der Waals surface area contributed by atoms with Crippen molar-refractivity contribution in [3.63, 3.8) is 0 Å². The van der Waals surface area contributed by atoms with Crippen LogP contribution in [0.3, 0.4) is 0 Å². The Bertz CT molecular complexity index is 692. The molecule has 170 valence electrons. The van der Waals surface area contributed by atoms with Crippen LogP contribution in [0, 0.1) is 0 Å². The van der Waals surface area contributed by atoms with Crippen molar-refractivity contribution < 1.29 is 65.4 Å². The molecule has 0 aliphatic carbocycles. The summed E-state index contributed by atoms with van der Waals surface area (Å²) in [4.78, 5) is 35.8. The molecule has 0 radical (unpaired) electrons. The summed E-state index contributed by atoms with van der Waals surface area (Å²) in [6.45, 7) is 0.293. The standard InChI is InChI=1S/C11H24BO14P3/c1-20-11(2-4-21-5-3-11)24-8-6-10(12)23-9(8)7-22-28(16,17)26-29(18,19)25-27(13,14)15/h8-10H,2-7,12H2,1H3,(H,16,17)(H,18,19)(H2,13,14,15). The molecule has 29 heavy (non-hydrogen) atoms. The highest BCUT2D eigenvalue weighted by Crippen LogP contribution is 2.66.